The Morgan fingerprint density at radius 1 is 0.652 bits per heavy atom. The minimum atomic E-state index is -3.47. The third-order valence-electron chi connectivity index (χ3n) is 4.01. The Kier molecular flexibility index (Phi) is 3.86. The average molecular weight is 325 g/mol. The van der Waals surface area contributed by atoms with Crippen LogP contribution in [0.1, 0.15) is 17.0 Å². The summed E-state index contributed by atoms with van der Waals surface area (Å²) in [7, 11) is -3.47. The fraction of sp³-hybridized carbons (Fsp3) is 0.158. The predicted octanol–water partition coefficient (Wildman–Crippen LogP) is 4.24. The lowest BCUT2D eigenvalue weighted by atomic mass is 10.2. The largest absolute Gasteiger partial charge is 0.319 e. The van der Waals surface area contributed by atoms with Crippen LogP contribution in [0.3, 0.4) is 0 Å². The molecule has 118 valence electrons. The van der Waals surface area contributed by atoms with E-state index in [1.165, 1.54) is 0 Å². The topological polar surface area (TPSA) is 39.1 Å². The van der Waals surface area contributed by atoms with Crippen LogP contribution in [-0.2, 0) is 9.84 Å². The lowest BCUT2D eigenvalue weighted by Crippen LogP contribution is -2.03. The first-order chi connectivity index (χ1) is 10.9. The van der Waals surface area contributed by atoms with E-state index in [4.69, 9.17) is 0 Å². The first-order valence-corrected chi connectivity index (χ1v) is 8.95. The second-order valence-corrected chi connectivity index (χ2v) is 7.71. The Labute approximate surface area is 137 Å². The van der Waals surface area contributed by atoms with Crippen LogP contribution in [0.5, 0.6) is 0 Å². The highest BCUT2D eigenvalue weighted by Gasteiger charge is 2.17. The van der Waals surface area contributed by atoms with E-state index in [0.717, 1.165) is 22.6 Å². The van der Waals surface area contributed by atoms with Crippen molar-refractivity contribution in [2.45, 2.75) is 30.6 Å². The summed E-state index contributed by atoms with van der Waals surface area (Å²) in [4.78, 5) is 0.636. The van der Waals surface area contributed by atoms with Crippen molar-refractivity contribution in [3.8, 4) is 5.69 Å². The van der Waals surface area contributed by atoms with Gasteiger partial charge in [-0.1, -0.05) is 17.7 Å². The number of sulfone groups is 1. The van der Waals surface area contributed by atoms with Crippen molar-refractivity contribution in [3.05, 3.63) is 77.6 Å². The Hall–Kier alpha value is -2.33. The van der Waals surface area contributed by atoms with Gasteiger partial charge in [0.15, 0.2) is 0 Å². The number of hydrogen-bond donors (Lipinski definition) is 0. The molecule has 4 heteroatoms. The molecule has 23 heavy (non-hydrogen) atoms. The molecule has 0 aliphatic heterocycles. The van der Waals surface area contributed by atoms with Gasteiger partial charge in [-0.3, -0.25) is 0 Å². The number of hydrogen-bond acceptors (Lipinski definition) is 2. The molecule has 0 amide bonds. The molecule has 0 unspecified atom stereocenters. The van der Waals surface area contributed by atoms with Gasteiger partial charge in [-0.25, -0.2) is 8.42 Å². The predicted molar refractivity (Wildman–Crippen MR) is 91.9 cm³/mol. The van der Waals surface area contributed by atoms with Crippen LogP contribution in [0, 0.1) is 20.8 Å². The van der Waals surface area contributed by atoms with Crippen molar-refractivity contribution < 1.29 is 8.42 Å². The molecule has 0 bridgehead atoms. The molecule has 0 N–H and O–H groups in total. The minimum Gasteiger partial charge on any atom is -0.319 e. The van der Waals surface area contributed by atoms with Gasteiger partial charge in [-0.2, -0.15) is 0 Å². The lowest BCUT2D eigenvalue weighted by molar-refractivity contribution is 0.596. The van der Waals surface area contributed by atoms with Gasteiger partial charge in [0.05, 0.1) is 9.79 Å². The van der Waals surface area contributed by atoms with Crippen LogP contribution in [0.15, 0.2) is 70.5 Å². The van der Waals surface area contributed by atoms with Gasteiger partial charge >= 0.3 is 0 Å². The fourth-order valence-electron chi connectivity index (χ4n) is 2.70. The summed E-state index contributed by atoms with van der Waals surface area (Å²) in [6.07, 6.45) is 0. The zero-order chi connectivity index (χ0) is 16.6. The number of aryl methyl sites for hydroxylation is 3. The summed E-state index contributed by atoms with van der Waals surface area (Å²) >= 11 is 0. The quantitative estimate of drug-likeness (QED) is 0.722. The average Bonchev–Trinajstić information content (AvgIpc) is 2.87. The molecule has 0 fully saturated rings. The maximum atomic E-state index is 12.7. The molecule has 0 radical (unpaired) electrons. The molecule has 0 saturated heterocycles. The van der Waals surface area contributed by atoms with Crippen molar-refractivity contribution in [2.24, 2.45) is 0 Å². The van der Waals surface area contributed by atoms with Gasteiger partial charge in [0.2, 0.25) is 9.84 Å². The summed E-state index contributed by atoms with van der Waals surface area (Å²) in [6.45, 7) is 6.00. The summed E-state index contributed by atoms with van der Waals surface area (Å²) in [5.41, 5.74) is 4.25. The smallest absolute Gasteiger partial charge is 0.206 e. The van der Waals surface area contributed by atoms with E-state index in [0.29, 0.717) is 9.79 Å². The maximum absolute atomic E-state index is 12.7. The molecular formula is C19H19NO2S. The normalized spacial score (nSPS) is 11.6. The number of benzene rings is 2. The third kappa shape index (κ3) is 2.82. The highest BCUT2D eigenvalue weighted by atomic mass is 32.2. The Balaban J connectivity index is 2.01. The first-order valence-electron chi connectivity index (χ1n) is 7.47. The third-order valence-corrected chi connectivity index (χ3v) is 5.79. The standard InChI is InChI=1S/C19H19NO2S/c1-14-4-10-18(11-5-14)23(21,22)19-12-8-17(9-13-19)20-15(2)6-7-16(20)3/h4-13H,1-3H3. The minimum absolute atomic E-state index is 0.313. The van der Waals surface area contributed by atoms with Crippen LogP contribution in [-0.4, -0.2) is 13.0 Å². The molecule has 3 rings (SSSR count). The van der Waals surface area contributed by atoms with E-state index in [9.17, 15) is 8.42 Å². The van der Waals surface area contributed by atoms with Gasteiger partial charge in [-0.15, -0.1) is 0 Å². The van der Waals surface area contributed by atoms with E-state index in [1.807, 2.05) is 57.2 Å². The van der Waals surface area contributed by atoms with Crippen LogP contribution in [0.4, 0.5) is 0 Å². The molecular weight excluding hydrogens is 306 g/mol. The maximum Gasteiger partial charge on any atom is 0.206 e. The fourth-order valence-corrected chi connectivity index (χ4v) is 3.96. The molecule has 3 nitrogen and oxygen atoms in total. The van der Waals surface area contributed by atoms with Gasteiger partial charge in [-0.05, 0) is 69.3 Å². The summed E-state index contributed by atoms with van der Waals surface area (Å²) in [5.74, 6) is 0. The summed E-state index contributed by atoms with van der Waals surface area (Å²) < 4.78 is 27.4. The zero-order valence-corrected chi connectivity index (χ0v) is 14.3. The lowest BCUT2D eigenvalue weighted by Gasteiger charge is -2.11. The van der Waals surface area contributed by atoms with Gasteiger partial charge in [0, 0.05) is 17.1 Å². The van der Waals surface area contributed by atoms with Crippen molar-refractivity contribution >= 4 is 9.84 Å². The van der Waals surface area contributed by atoms with Crippen molar-refractivity contribution in [1.82, 2.24) is 4.57 Å². The zero-order valence-electron chi connectivity index (χ0n) is 13.4. The molecule has 0 aliphatic carbocycles. The van der Waals surface area contributed by atoms with Crippen molar-refractivity contribution in [1.29, 1.82) is 0 Å². The second kappa shape index (κ2) is 5.70. The van der Waals surface area contributed by atoms with E-state index in [-0.39, 0.29) is 0 Å². The van der Waals surface area contributed by atoms with Crippen molar-refractivity contribution in [3.63, 3.8) is 0 Å². The molecule has 1 heterocycles. The molecule has 1 aromatic heterocycles. The molecule has 3 aromatic rings. The van der Waals surface area contributed by atoms with Crippen molar-refractivity contribution in [2.75, 3.05) is 0 Å². The van der Waals surface area contributed by atoms with Crippen LogP contribution in [0.2, 0.25) is 0 Å². The van der Waals surface area contributed by atoms with Gasteiger partial charge in [0.25, 0.3) is 0 Å². The van der Waals surface area contributed by atoms with Crippen LogP contribution in [0.25, 0.3) is 5.69 Å². The molecule has 0 spiro atoms. The van der Waals surface area contributed by atoms with Gasteiger partial charge < -0.3 is 4.57 Å². The van der Waals surface area contributed by atoms with Crippen LogP contribution >= 0.6 is 0 Å². The number of rotatable bonds is 3. The highest BCUT2D eigenvalue weighted by molar-refractivity contribution is 7.91. The molecule has 2 aromatic carbocycles. The molecule has 0 saturated carbocycles. The van der Waals surface area contributed by atoms with E-state index in [1.54, 1.807) is 24.3 Å². The second-order valence-electron chi connectivity index (χ2n) is 5.76. The van der Waals surface area contributed by atoms with Crippen LogP contribution < -0.4 is 0 Å². The Morgan fingerprint density at radius 2 is 1.09 bits per heavy atom. The SMILES string of the molecule is Cc1ccc(S(=O)(=O)c2ccc(-n3c(C)ccc3C)cc2)cc1. The van der Waals surface area contributed by atoms with E-state index >= 15 is 0 Å². The number of nitrogens with zero attached hydrogens (tertiary/aromatic N) is 1. The Bertz CT molecular complexity index is 915. The monoisotopic (exact) mass is 325 g/mol. The summed E-state index contributed by atoms with van der Waals surface area (Å²) in [6, 6.07) is 18.1. The number of aromatic nitrogens is 1. The summed E-state index contributed by atoms with van der Waals surface area (Å²) in [5, 5.41) is 0. The van der Waals surface area contributed by atoms with E-state index in [2.05, 4.69) is 4.57 Å². The molecule has 0 atom stereocenters. The Morgan fingerprint density at radius 3 is 1.57 bits per heavy atom. The highest BCUT2D eigenvalue weighted by Crippen LogP contribution is 2.23. The van der Waals surface area contributed by atoms with Gasteiger partial charge in [0.1, 0.15) is 0 Å². The first kappa shape index (κ1) is 15.6. The molecule has 0 aliphatic rings. The van der Waals surface area contributed by atoms with E-state index < -0.39 is 9.84 Å².